The van der Waals surface area contributed by atoms with Gasteiger partial charge >= 0.3 is 5.97 Å². The van der Waals surface area contributed by atoms with Crippen LogP contribution in [0.15, 0.2) is 63.6 Å². The summed E-state index contributed by atoms with van der Waals surface area (Å²) in [5, 5.41) is 22.2. The molecule has 3 rings (SSSR count). The third kappa shape index (κ3) is 3.47. The Kier molecular flexibility index (Phi) is 4.42. The molecule has 0 spiro atoms. The molecule has 0 fully saturated rings. The highest BCUT2D eigenvalue weighted by atomic mass is 16.5. The van der Waals surface area contributed by atoms with E-state index >= 15 is 0 Å². The van der Waals surface area contributed by atoms with Gasteiger partial charge in [-0.3, -0.25) is 15.0 Å². The van der Waals surface area contributed by atoms with Crippen LogP contribution in [0.5, 0.6) is 5.75 Å². The van der Waals surface area contributed by atoms with Crippen LogP contribution in [0.2, 0.25) is 0 Å². The van der Waals surface area contributed by atoms with Crippen molar-refractivity contribution < 1.29 is 14.6 Å². The van der Waals surface area contributed by atoms with Crippen LogP contribution in [0.4, 0.5) is 11.4 Å². The Labute approximate surface area is 141 Å². The number of benzene rings is 2. The van der Waals surface area contributed by atoms with Crippen molar-refractivity contribution >= 4 is 17.3 Å². The molecule has 0 saturated carbocycles. The normalized spacial score (nSPS) is 10.9. The van der Waals surface area contributed by atoms with E-state index in [-0.39, 0.29) is 11.3 Å². The van der Waals surface area contributed by atoms with Crippen LogP contribution in [0.3, 0.4) is 0 Å². The molecule has 3 aromatic rings. The predicted molar refractivity (Wildman–Crippen MR) is 91.0 cm³/mol. The van der Waals surface area contributed by atoms with E-state index in [4.69, 9.17) is 9.84 Å². The zero-order valence-corrected chi connectivity index (χ0v) is 13.2. The van der Waals surface area contributed by atoms with Gasteiger partial charge in [0.2, 0.25) is 0 Å². The van der Waals surface area contributed by atoms with E-state index in [1.54, 1.807) is 43.5 Å². The molecule has 8 heteroatoms. The Morgan fingerprint density at radius 3 is 2.52 bits per heavy atom. The van der Waals surface area contributed by atoms with E-state index in [9.17, 15) is 9.59 Å². The Morgan fingerprint density at radius 1 is 1.08 bits per heavy atom. The molecule has 0 atom stereocenters. The fraction of sp³-hybridized carbons (Fsp3) is 0.0588. The second kappa shape index (κ2) is 6.83. The predicted octanol–water partition coefficient (Wildman–Crippen LogP) is 3.49. The molecule has 0 aliphatic heterocycles. The Bertz CT molecular complexity index is 986. The lowest BCUT2D eigenvalue weighted by atomic mass is 10.1. The second-order valence-electron chi connectivity index (χ2n) is 5.09. The number of carboxylic acid groups (broad SMARTS) is 1. The lowest BCUT2D eigenvalue weighted by molar-refractivity contribution is 0.0697. The minimum atomic E-state index is -1.06. The minimum absolute atomic E-state index is 0.0924. The number of methoxy groups -OCH3 is 1. The van der Waals surface area contributed by atoms with Gasteiger partial charge in [0.25, 0.3) is 5.56 Å². The van der Waals surface area contributed by atoms with Crippen LogP contribution in [0.1, 0.15) is 10.4 Å². The first kappa shape index (κ1) is 16.2. The number of aromatic amines is 2. The van der Waals surface area contributed by atoms with Crippen LogP contribution in [-0.2, 0) is 0 Å². The summed E-state index contributed by atoms with van der Waals surface area (Å²) in [5.41, 5.74) is 1.31. The van der Waals surface area contributed by atoms with Crippen molar-refractivity contribution in [1.82, 2.24) is 10.2 Å². The van der Waals surface area contributed by atoms with Crippen LogP contribution < -0.4 is 10.3 Å². The largest absolute Gasteiger partial charge is 0.497 e. The highest BCUT2D eigenvalue weighted by Crippen LogP contribution is 2.28. The van der Waals surface area contributed by atoms with E-state index in [0.29, 0.717) is 17.1 Å². The van der Waals surface area contributed by atoms with Crippen molar-refractivity contribution in [2.75, 3.05) is 7.11 Å². The number of ether oxygens (including phenoxy) is 1. The van der Waals surface area contributed by atoms with Gasteiger partial charge < -0.3 is 9.84 Å². The van der Waals surface area contributed by atoms with E-state index < -0.39 is 11.5 Å². The molecule has 3 N–H and O–H groups in total. The van der Waals surface area contributed by atoms with Gasteiger partial charge in [0.1, 0.15) is 5.75 Å². The smallest absolute Gasteiger partial charge is 0.335 e. The number of carboxylic acids is 1. The van der Waals surface area contributed by atoms with E-state index in [0.717, 1.165) is 5.56 Å². The van der Waals surface area contributed by atoms with Crippen molar-refractivity contribution in [1.29, 1.82) is 0 Å². The Balaban J connectivity index is 1.95. The molecule has 0 bridgehead atoms. The summed E-state index contributed by atoms with van der Waals surface area (Å²) < 4.78 is 5.11. The average Bonchev–Trinajstić information content (AvgIpc) is 3.01. The average molecular weight is 338 g/mol. The van der Waals surface area contributed by atoms with Gasteiger partial charge in [-0.25, -0.2) is 4.79 Å². The zero-order valence-electron chi connectivity index (χ0n) is 13.2. The van der Waals surface area contributed by atoms with E-state index in [2.05, 4.69) is 20.4 Å². The van der Waals surface area contributed by atoms with Crippen LogP contribution in [0, 0.1) is 0 Å². The molecule has 0 radical (unpaired) electrons. The molecular weight excluding hydrogens is 324 g/mol. The second-order valence-corrected chi connectivity index (χ2v) is 5.09. The highest BCUT2D eigenvalue weighted by molar-refractivity contribution is 5.88. The molecule has 0 amide bonds. The minimum Gasteiger partial charge on any atom is -0.497 e. The highest BCUT2D eigenvalue weighted by Gasteiger charge is 2.12. The van der Waals surface area contributed by atoms with Gasteiger partial charge in [-0.05, 0) is 42.5 Å². The summed E-state index contributed by atoms with van der Waals surface area (Å²) in [7, 11) is 1.57. The number of carbonyl (C=O) groups is 1. The third-order valence-corrected chi connectivity index (χ3v) is 3.49. The molecule has 8 nitrogen and oxygen atoms in total. The van der Waals surface area contributed by atoms with Gasteiger partial charge in [-0.1, -0.05) is 6.07 Å². The molecule has 0 unspecified atom stereocenters. The summed E-state index contributed by atoms with van der Waals surface area (Å²) in [6.07, 6.45) is 0. The van der Waals surface area contributed by atoms with Crippen molar-refractivity contribution in [3.05, 3.63) is 64.4 Å². The van der Waals surface area contributed by atoms with Gasteiger partial charge in [-0.15, -0.1) is 5.11 Å². The number of H-pyrrole nitrogens is 2. The molecular formula is C17H14N4O4. The summed E-state index contributed by atoms with van der Waals surface area (Å²) in [4.78, 5) is 23.0. The molecule has 1 heterocycles. The van der Waals surface area contributed by atoms with E-state index in [1.807, 2.05) is 0 Å². The standard InChI is InChI=1S/C17H14N4O4/c1-25-13-7-5-10(6-8-13)14-15(16(22)21-19-14)20-18-12-4-2-3-11(9-12)17(23)24/h2-9H,1H3,(H,23,24)(H2,19,21,22). The number of rotatable bonds is 5. The Hall–Kier alpha value is -3.68. The molecule has 0 saturated heterocycles. The zero-order chi connectivity index (χ0) is 17.8. The fourth-order valence-electron chi connectivity index (χ4n) is 2.22. The van der Waals surface area contributed by atoms with Crippen molar-refractivity contribution in [3.63, 3.8) is 0 Å². The maximum absolute atomic E-state index is 12.0. The maximum atomic E-state index is 12.0. The van der Waals surface area contributed by atoms with Gasteiger partial charge in [0.05, 0.1) is 24.1 Å². The Morgan fingerprint density at radius 2 is 1.84 bits per heavy atom. The van der Waals surface area contributed by atoms with Gasteiger partial charge in [-0.2, -0.15) is 5.11 Å². The van der Waals surface area contributed by atoms with Crippen LogP contribution in [0.25, 0.3) is 11.3 Å². The molecule has 0 aliphatic carbocycles. The first-order chi connectivity index (χ1) is 12.1. The number of aromatic carboxylic acids is 1. The summed E-state index contributed by atoms with van der Waals surface area (Å²) in [6, 6.07) is 13.1. The topological polar surface area (TPSA) is 120 Å². The number of nitrogens with zero attached hydrogens (tertiary/aromatic N) is 2. The first-order valence-electron chi connectivity index (χ1n) is 7.28. The van der Waals surface area contributed by atoms with Crippen LogP contribution >= 0.6 is 0 Å². The molecule has 1 aromatic heterocycles. The number of nitrogens with one attached hydrogen (secondary N) is 2. The molecule has 0 aliphatic rings. The first-order valence-corrected chi connectivity index (χ1v) is 7.28. The number of hydrogen-bond donors (Lipinski definition) is 3. The molecule has 2 aromatic carbocycles. The quantitative estimate of drug-likeness (QED) is 0.617. The maximum Gasteiger partial charge on any atom is 0.335 e. The number of aromatic nitrogens is 2. The van der Waals surface area contributed by atoms with Gasteiger partial charge in [0.15, 0.2) is 5.69 Å². The third-order valence-electron chi connectivity index (χ3n) is 3.49. The summed E-state index contributed by atoms with van der Waals surface area (Å²) in [5.74, 6) is -0.370. The fourth-order valence-corrected chi connectivity index (χ4v) is 2.22. The lowest BCUT2D eigenvalue weighted by Gasteiger charge is -2.02. The summed E-state index contributed by atoms with van der Waals surface area (Å²) >= 11 is 0. The summed E-state index contributed by atoms with van der Waals surface area (Å²) in [6.45, 7) is 0. The van der Waals surface area contributed by atoms with Crippen molar-refractivity contribution in [3.8, 4) is 17.0 Å². The van der Waals surface area contributed by atoms with Crippen molar-refractivity contribution in [2.45, 2.75) is 0 Å². The number of azo groups is 1. The molecule has 25 heavy (non-hydrogen) atoms. The van der Waals surface area contributed by atoms with E-state index in [1.165, 1.54) is 12.1 Å². The number of hydrogen-bond acceptors (Lipinski definition) is 5. The lowest BCUT2D eigenvalue weighted by Crippen LogP contribution is -1.96. The van der Waals surface area contributed by atoms with Crippen LogP contribution in [-0.4, -0.2) is 28.4 Å². The molecule has 126 valence electrons. The van der Waals surface area contributed by atoms with Crippen molar-refractivity contribution in [2.24, 2.45) is 10.2 Å². The van der Waals surface area contributed by atoms with Gasteiger partial charge in [0, 0.05) is 5.56 Å². The monoisotopic (exact) mass is 338 g/mol. The SMILES string of the molecule is COc1ccc(-c2[nH][nH]c(=O)c2N=Nc2cccc(C(=O)O)c2)cc1.